The van der Waals surface area contributed by atoms with Crippen LogP contribution >= 0.6 is 0 Å². The molecular formula is C10H11FN2O2. The van der Waals surface area contributed by atoms with E-state index in [1.165, 1.54) is 6.07 Å². The largest absolute Gasteiger partial charge is 0.481 e. The lowest BCUT2D eigenvalue weighted by atomic mass is 10.00. The second-order valence-corrected chi connectivity index (χ2v) is 3.74. The van der Waals surface area contributed by atoms with Crippen LogP contribution in [0.15, 0.2) is 18.5 Å². The average Bonchev–Trinajstić information content (AvgIpc) is 2.10. The van der Waals surface area contributed by atoms with E-state index in [1.807, 2.05) is 4.90 Å². The molecule has 0 aromatic carbocycles. The summed E-state index contributed by atoms with van der Waals surface area (Å²) < 4.78 is 12.8. The SMILES string of the molecule is O=C(O)C1CN(Cc2cncc(F)c2)C1. The van der Waals surface area contributed by atoms with Gasteiger partial charge in [-0.05, 0) is 11.6 Å². The Kier molecular flexibility index (Phi) is 2.64. The Morgan fingerprint density at radius 3 is 2.93 bits per heavy atom. The second-order valence-electron chi connectivity index (χ2n) is 3.74. The molecule has 0 spiro atoms. The maximum absolute atomic E-state index is 12.8. The number of aliphatic carboxylic acids is 1. The van der Waals surface area contributed by atoms with Crippen LogP contribution in [-0.2, 0) is 11.3 Å². The second kappa shape index (κ2) is 3.94. The molecule has 2 heterocycles. The first-order valence-electron chi connectivity index (χ1n) is 4.70. The van der Waals surface area contributed by atoms with Crippen molar-refractivity contribution in [3.63, 3.8) is 0 Å². The predicted octanol–water partition coefficient (Wildman–Crippen LogP) is 0.737. The quantitative estimate of drug-likeness (QED) is 0.799. The number of carboxylic acids is 1. The van der Waals surface area contributed by atoms with Crippen molar-refractivity contribution in [1.82, 2.24) is 9.88 Å². The highest BCUT2D eigenvalue weighted by Crippen LogP contribution is 2.18. The molecule has 1 aliphatic rings. The van der Waals surface area contributed by atoms with E-state index in [1.54, 1.807) is 6.20 Å². The molecule has 0 saturated carbocycles. The molecular weight excluding hydrogens is 199 g/mol. The van der Waals surface area contributed by atoms with E-state index in [-0.39, 0.29) is 11.7 Å². The number of halogens is 1. The molecule has 4 nitrogen and oxygen atoms in total. The molecule has 1 fully saturated rings. The number of aromatic nitrogens is 1. The number of hydrogen-bond donors (Lipinski definition) is 1. The zero-order valence-corrected chi connectivity index (χ0v) is 8.06. The van der Waals surface area contributed by atoms with E-state index in [9.17, 15) is 9.18 Å². The number of likely N-dealkylation sites (tertiary alicyclic amines) is 1. The van der Waals surface area contributed by atoms with E-state index in [2.05, 4.69) is 4.98 Å². The lowest BCUT2D eigenvalue weighted by Gasteiger charge is -2.36. The molecule has 1 aromatic heterocycles. The van der Waals surface area contributed by atoms with Crippen LogP contribution in [0.1, 0.15) is 5.56 Å². The van der Waals surface area contributed by atoms with Crippen molar-refractivity contribution in [3.05, 3.63) is 29.8 Å². The molecule has 1 aliphatic heterocycles. The third-order valence-electron chi connectivity index (χ3n) is 2.47. The maximum atomic E-state index is 12.8. The van der Waals surface area contributed by atoms with Crippen LogP contribution in [-0.4, -0.2) is 34.0 Å². The van der Waals surface area contributed by atoms with E-state index in [0.717, 1.165) is 11.8 Å². The van der Waals surface area contributed by atoms with Crippen LogP contribution in [0, 0.1) is 11.7 Å². The van der Waals surface area contributed by atoms with Gasteiger partial charge in [0, 0.05) is 25.8 Å². The van der Waals surface area contributed by atoms with E-state index in [0.29, 0.717) is 19.6 Å². The summed E-state index contributed by atoms with van der Waals surface area (Å²) in [7, 11) is 0. The van der Waals surface area contributed by atoms with Gasteiger partial charge in [0.25, 0.3) is 0 Å². The molecule has 0 aliphatic carbocycles. The summed E-state index contributed by atoms with van der Waals surface area (Å²) in [5.74, 6) is -1.39. The number of carbonyl (C=O) groups is 1. The van der Waals surface area contributed by atoms with Gasteiger partial charge >= 0.3 is 5.97 Å². The van der Waals surface area contributed by atoms with Gasteiger partial charge in [0.2, 0.25) is 0 Å². The van der Waals surface area contributed by atoms with Crippen LogP contribution in [0.25, 0.3) is 0 Å². The summed E-state index contributed by atoms with van der Waals surface area (Å²) in [4.78, 5) is 16.2. The van der Waals surface area contributed by atoms with E-state index >= 15 is 0 Å². The summed E-state index contributed by atoms with van der Waals surface area (Å²) in [6.07, 6.45) is 2.75. The Morgan fingerprint density at radius 1 is 1.60 bits per heavy atom. The topological polar surface area (TPSA) is 53.4 Å². The van der Waals surface area contributed by atoms with Crippen molar-refractivity contribution in [2.45, 2.75) is 6.54 Å². The van der Waals surface area contributed by atoms with Gasteiger partial charge in [-0.25, -0.2) is 4.39 Å². The number of rotatable bonds is 3. The Balaban J connectivity index is 1.87. The number of hydrogen-bond acceptors (Lipinski definition) is 3. The van der Waals surface area contributed by atoms with Crippen LogP contribution in [0.3, 0.4) is 0 Å². The highest BCUT2D eigenvalue weighted by atomic mass is 19.1. The van der Waals surface area contributed by atoms with Crippen molar-refractivity contribution in [2.75, 3.05) is 13.1 Å². The summed E-state index contributed by atoms with van der Waals surface area (Å²) in [5, 5.41) is 8.66. The van der Waals surface area contributed by atoms with Crippen LogP contribution in [0.2, 0.25) is 0 Å². The van der Waals surface area contributed by atoms with Gasteiger partial charge in [0.1, 0.15) is 5.82 Å². The predicted molar refractivity (Wildman–Crippen MR) is 50.6 cm³/mol. The molecule has 0 unspecified atom stereocenters. The minimum atomic E-state index is -0.761. The number of carboxylic acid groups (broad SMARTS) is 1. The molecule has 0 amide bonds. The van der Waals surface area contributed by atoms with E-state index in [4.69, 9.17) is 5.11 Å². The van der Waals surface area contributed by atoms with Gasteiger partial charge in [0.05, 0.1) is 12.1 Å². The lowest BCUT2D eigenvalue weighted by Crippen LogP contribution is -2.49. The third kappa shape index (κ3) is 2.30. The molecule has 5 heteroatoms. The lowest BCUT2D eigenvalue weighted by molar-refractivity contribution is -0.147. The van der Waals surface area contributed by atoms with Crippen molar-refractivity contribution in [1.29, 1.82) is 0 Å². The molecule has 0 radical (unpaired) electrons. The zero-order chi connectivity index (χ0) is 10.8. The minimum Gasteiger partial charge on any atom is -0.481 e. The van der Waals surface area contributed by atoms with Gasteiger partial charge in [-0.15, -0.1) is 0 Å². The Morgan fingerprint density at radius 2 is 2.33 bits per heavy atom. The van der Waals surface area contributed by atoms with Crippen LogP contribution < -0.4 is 0 Å². The number of nitrogens with zero attached hydrogens (tertiary/aromatic N) is 2. The Labute approximate surface area is 86.4 Å². The smallest absolute Gasteiger partial charge is 0.309 e. The van der Waals surface area contributed by atoms with Crippen molar-refractivity contribution >= 4 is 5.97 Å². The summed E-state index contributed by atoms with van der Waals surface area (Å²) >= 11 is 0. The summed E-state index contributed by atoms with van der Waals surface area (Å²) in [5.41, 5.74) is 0.777. The Bertz CT molecular complexity index is 377. The van der Waals surface area contributed by atoms with Gasteiger partial charge < -0.3 is 5.11 Å². The molecule has 1 saturated heterocycles. The fraction of sp³-hybridized carbons (Fsp3) is 0.400. The highest BCUT2D eigenvalue weighted by Gasteiger charge is 2.32. The molecule has 1 aromatic rings. The fourth-order valence-corrected chi connectivity index (χ4v) is 1.66. The molecule has 0 bridgehead atoms. The van der Waals surface area contributed by atoms with Gasteiger partial charge in [0.15, 0.2) is 0 Å². The molecule has 80 valence electrons. The molecule has 1 N–H and O–H groups in total. The Hall–Kier alpha value is -1.49. The molecule has 15 heavy (non-hydrogen) atoms. The summed E-state index contributed by atoms with van der Waals surface area (Å²) in [6.45, 7) is 1.63. The first-order chi connectivity index (χ1) is 7.15. The highest BCUT2D eigenvalue weighted by molar-refractivity contribution is 5.71. The van der Waals surface area contributed by atoms with Crippen molar-refractivity contribution < 1.29 is 14.3 Å². The zero-order valence-electron chi connectivity index (χ0n) is 8.06. The van der Waals surface area contributed by atoms with Gasteiger partial charge in [-0.3, -0.25) is 14.7 Å². The average molecular weight is 210 g/mol. The molecule has 0 atom stereocenters. The van der Waals surface area contributed by atoms with E-state index < -0.39 is 5.97 Å². The third-order valence-corrected chi connectivity index (χ3v) is 2.47. The standard InChI is InChI=1S/C10H11FN2O2/c11-9-1-7(2-12-3-9)4-13-5-8(6-13)10(14)15/h1-3,8H,4-6H2,(H,14,15). The first-order valence-corrected chi connectivity index (χ1v) is 4.70. The van der Waals surface area contributed by atoms with Crippen molar-refractivity contribution in [3.8, 4) is 0 Å². The monoisotopic (exact) mass is 210 g/mol. The molecule has 2 rings (SSSR count). The normalized spacial score (nSPS) is 17.4. The maximum Gasteiger partial charge on any atom is 0.309 e. The minimum absolute atomic E-state index is 0.272. The summed E-state index contributed by atoms with van der Waals surface area (Å²) in [6, 6.07) is 1.42. The van der Waals surface area contributed by atoms with Gasteiger partial charge in [-0.1, -0.05) is 0 Å². The number of pyridine rings is 1. The fourth-order valence-electron chi connectivity index (χ4n) is 1.66. The van der Waals surface area contributed by atoms with Crippen LogP contribution in [0.5, 0.6) is 0 Å². The first kappa shape index (κ1) is 10.0. The van der Waals surface area contributed by atoms with Gasteiger partial charge in [-0.2, -0.15) is 0 Å². The van der Waals surface area contributed by atoms with Crippen molar-refractivity contribution in [2.24, 2.45) is 5.92 Å². The van der Waals surface area contributed by atoms with Crippen LogP contribution in [0.4, 0.5) is 4.39 Å².